The highest BCUT2D eigenvalue weighted by atomic mass is 79.9. The van der Waals surface area contributed by atoms with Gasteiger partial charge in [-0.3, -0.25) is 0 Å². The molecule has 0 amide bonds. The first-order valence-corrected chi connectivity index (χ1v) is 7.56. The number of ether oxygens (including phenoxy) is 1. The van der Waals surface area contributed by atoms with E-state index < -0.39 is 11.6 Å². The third kappa shape index (κ3) is 3.80. The van der Waals surface area contributed by atoms with Crippen LogP contribution in [0.4, 0.5) is 8.78 Å². The second-order valence-electron chi connectivity index (χ2n) is 5.10. The van der Waals surface area contributed by atoms with Crippen molar-refractivity contribution in [2.24, 2.45) is 0 Å². The van der Waals surface area contributed by atoms with Crippen molar-refractivity contribution in [2.45, 2.75) is 25.4 Å². The summed E-state index contributed by atoms with van der Waals surface area (Å²) in [5, 5.41) is 3.32. The van der Waals surface area contributed by atoms with Crippen LogP contribution in [-0.2, 0) is 6.54 Å². The molecule has 0 aliphatic heterocycles. The summed E-state index contributed by atoms with van der Waals surface area (Å²) in [6.45, 7) is 0.648. The molecule has 0 radical (unpaired) electrons. The summed E-state index contributed by atoms with van der Waals surface area (Å²) in [5.41, 5.74) is 0.869. The quantitative estimate of drug-likeness (QED) is 0.835. The van der Waals surface area contributed by atoms with Crippen molar-refractivity contribution >= 4 is 15.9 Å². The fourth-order valence-electron chi connectivity index (χ4n) is 1.95. The van der Waals surface area contributed by atoms with Gasteiger partial charge in [0.05, 0.1) is 4.47 Å². The zero-order valence-electron chi connectivity index (χ0n) is 11.2. The Bertz CT molecular complexity index is 659. The first-order chi connectivity index (χ1) is 10.1. The van der Waals surface area contributed by atoms with Crippen LogP contribution in [0.5, 0.6) is 11.5 Å². The summed E-state index contributed by atoms with van der Waals surface area (Å²) in [4.78, 5) is 0. The maximum absolute atomic E-state index is 14.0. The number of nitrogens with one attached hydrogen (secondary N) is 1. The van der Waals surface area contributed by atoms with Crippen LogP contribution in [0.1, 0.15) is 18.4 Å². The van der Waals surface area contributed by atoms with Gasteiger partial charge in [-0.05, 0) is 58.6 Å². The molecule has 5 heteroatoms. The van der Waals surface area contributed by atoms with Gasteiger partial charge in [0.2, 0.25) is 0 Å². The van der Waals surface area contributed by atoms with Gasteiger partial charge >= 0.3 is 0 Å². The highest BCUT2D eigenvalue weighted by molar-refractivity contribution is 9.10. The molecule has 21 heavy (non-hydrogen) atoms. The Kier molecular flexibility index (Phi) is 4.22. The predicted octanol–water partition coefficient (Wildman–Crippen LogP) is 4.77. The average molecular weight is 354 g/mol. The molecule has 1 saturated carbocycles. The van der Waals surface area contributed by atoms with E-state index in [9.17, 15) is 8.78 Å². The molecule has 2 nitrogen and oxygen atoms in total. The Morgan fingerprint density at radius 2 is 1.90 bits per heavy atom. The van der Waals surface area contributed by atoms with Gasteiger partial charge in [-0.25, -0.2) is 8.78 Å². The van der Waals surface area contributed by atoms with E-state index in [1.807, 2.05) is 6.07 Å². The molecular weight excluding hydrogens is 340 g/mol. The second-order valence-corrected chi connectivity index (χ2v) is 5.95. The summed E-state index contributed by atoms with van der Waals surface area (Å²) < 4.78 is 33.1. The van der Waals surface area contributed by atoms with E-state index in [0.717, 1.165) is 5.56 Å². The van der Waals surface area contributed by atoms with Crippen molar-refractivity contribution in [3.63, 3.8) is 0 Å². The number of halogens is 3. The minimum Gasteiger partial charge on any atom is -0.454 e. The Hall–Kier alpha value is -1.46. The van der Waals surface area contributed by atoms with Crippen molar-refractivity contribution < 1.29 is 13.5 Å². The SMILES string of the molecule is Fc1cc(Oc2ccc(CNC3CC3)cc2F)ccc1Br. The fourth-order valence-corrected chi connectivity index (χ4v) is 2.20. The summed E-state index contributed by atoms with van der Waals surface area (Å²) in [6.07, 6.45) is 2.39. The van der Waals surface area contributed by atoms with Crippen LogP contribution < -0.4 is 10.1 Å². The van der Waals surface area contributed by atoms with Crippen molar-refractivity contribution in [1.29, 1.82) is 0 Å². The van der Waals surface area contributed by atoms with Crippen LogP contribution in [0.15, 0.2) is 40.9 Å². The van der Waals surface area contributed by atoms with Crippen molar-refractivity contribution in [3.05, 3.63) is 58.1 Å². The van der Waals surface area contributed by atoms with Gasteiger partial charge in [0, 0.05) is 18.7 Å². The molecule has 0 atom stereocenters. The molecule has 1 N–H and O–H groups in total. The Labute approximate surface area is 130 Å². The largest absolute Gasteiger partial charge is 0.454 e. The molecule has 3 rings (SSSR count). The van der Waals surface area contributed by atoms with Crippen molar-refractivity contribution in [2.75, 3.05) is 0 Å². The monoisotopic (exact) mass is 353 g/mol. The van der Waals surface area contributed by atoms with Crippen LogP contribution in [-0.4, -0.2) is 6.04 Å². The third-order valence-corrected chi connectivity index (χ3v) is 3.93. The Morgan fingerprint density at radius 1 is 1.10 bits per heavy atom. The molecule has 110 valence electrons. The van der Waals surface area contributed by atoms with E-state index in [1.54, 1.807) is 12.1 Å². The van der Waals surface area contributed by atoms with Crippen LogP contribution in [0.25, 0.3) is 0 Å². The number of benzene rings is 2. The molecule has 2 aromatic rings. The van der Waals surface area contributed by atoms with Crippen LogP contribution >= 0.6 is 15.9 Å². The highest BCUT2D eigenvalue weighted by Crippen LogP contribution is 2.28. The molecule has 1 fully saturated rings. The summed E-state index contributed by atoms with van der Waals surface area (Å²) in [7, 11) is 0. The maximum atomic E-state index is 14.0. The minimum atomic E-state index is -0.451. The van der Waals surface area contributed by atoms with Gasteiger partial charge in [0.1, 0.15) is 11.6 Å². The van der Waals surface area contributed by atoms with Gasteiger partial charge in [-0.15, -0.1) is 0 Å². The van der Waals surface area contributed by atoms with E-state index in [0.29, 0.717) is 17.1 Å². The van der Waals surface area contributed by atoms with Crippen LogP contribution in [0, 0.1) is 11.6 Å². The van der Waals surface area contributed by atoms with Gasteiger partial charge in [0.25, 0.3) is 0 Å². The molecule has 0 heterocycles. The first kappa shape index (κ1) is 14.5. The van der Waals surface area contributed by atoms with Crippen molar-refractivity contribution in [1.82, 2.24) is 5.32 Å². The van der Waals surface area contributed by atoms with Gasteiger partial charge < -0.3 is 10.1 Å². The molecule has 0 aromatic heterocycles. The normalized spacial score (nSPS) is 14.2. The average Bonchev–Trinajstić information content (AvgIpc) is 3.27. The van der Waals surface area contributed by atoms with Gasteiger partial charge in [-0.2, -0.15) is 0 Å². The topological polar surface area (TPSA) is 21.3 Å². The highest BCUT2D eigenvalue weighted by Gasteiger charge is 2.20. The lowest BCUT2D eigenvalue weighted by molar-refractivity contribution is 0.437. The lowest BCUT2D eigenvalue weighted by atomic mass is 10.2. The Balaban J connectivity index is 1.70. The molecule has 0 spiro atoms. The first-order valence-electron chi connectivity index (χ1n) is 6.76. The maximum Gasteiger partial charge on any atom is 0.166 e. The molecule has 0 saturated heterocycles. The minimum absolute atomic E-state index is 0.0897. The van der Waals surface area contributed by atoms with Crippen LogP contribution in [0.2, 0.25) is 0 Å². The van der Waals surface area contributed by atoms with Gasteiger partial charge in [-0.1, -0.05) is 6.07 Å². The summed E-state index contributed by atoms with van der Waals surface area (Å²) in [5.74, 6) is -0.545. The van der Waals surface area contributed by atoms with Crippen molar-refractivity contribution in [3.8, 4) is 11.5 Å². The van der Waals surface area contributed by atoms with E-state index >= 15 is 0 Å². The zero-order chi connectivity index (χ0) is 14.8. The van der Waals surface area contributed by atoms with E-state index in [-0.39, 0.29) is 11.5 Å². The lowest BCUT2D eigenvalue weighted by Crippen LogP contribution is -2.15. The predicted molar refractivity (Wildman–Crippen MR) is 80.4 cm³/mol. The number of hydrogen-bond donors (Lipinski definition) is 1. The molecule has 0 bridgehead atoms. The molecule has 0 unspecified atom stereocenters. The zero-order valence-corrected chi connectivity index (χ0v) is 12.8. The number of rotatable bonds is 5. The summed E-state index contributed by atoms with van der Waals surface area (Å²) >= 11 is 3.06. The Morgan fingerprint density at radius 3 is 2.57 bits per heavy atom. The molecule has 2 aromatic carbocycles. The molecule has 1 aliphatic carbocycles. The van der Waals surface area contributed by atoms with Gasteiger partial charge in [0.15, 0.2) is 11.6 Å². The fraction of sp³-hybridized carbons (Fsp3) is 0.250. The smallest absolute Gasteiger partial charge is 0.166 e. The molecule has 1 aliphatic rings. The van der Waals surface area contributed by atoms with E-state index in [2.05, 4.69) is 21.2 Å². The van der Waals surface area contributed by atoms with E-state index in [4.69, 9.17) is 4.74 Å². The molecular formula is C16H14BrF2NO. The van der Waals surface area contributed by atoms with Crippen LogP contribution in [0.3, 0.4) is 0 Å². The standard InChI is InChI=1S/C16H14BrF2NO/c17-13-5-4-12(8-14(13)18)21-16-6-1-10(7-15(16)19)9-20-11-2-3-11/h1,4-8,11,20H,2-3,9H2. The third-order valence-electron chi connectivity index (χ3n) is 3.29. The lowest BCUT2D eigenvalue weighted by Gasteiger charge is -2.09. The van der Waals surface area contributed by atoms with E-state index in [1.165, 1.54) is 31.0 Å². The second kappa shape index (κ2) is 6.12. The number of hydrogen-bond acceptors (Lipinski definition) is 2. The summed E-state index contributed by atoms with van der Waals surface area (Å²) in [6, 6.07) is 9.72.